The number of benzene rings is 2. The summed E-state index contributed by atoms with van der Waals surface area (Å²) in [5, 5.41) is 3.57. The van der Waals surface area contributed by atoms with Crippen LogP contribution in [-0.4, -0.2) is 38.0 Å². The Morgan fingerprint density at radius 3 is 2.21 bits per heavy atom. The van der Waals surface area contributed by atoms with Crippen molar-refractivity contribution in [1.82, 2.24) is 9.88 Å². The lowest BCUT2D eigenvalue weighted by atomic mass is 10.2. The molecule has 5 heteroatoms. The molecule has 3 rings (SSSR count). The fourth-order valence-corrected chi connectivity index (χ4v) is 2.17. The molecule has 1 heterocycles. The number of methoxy groups -OCH3 is 1. The van der Waals surface area contributed by atoms with Crippen molar-refractivity contribution >= 4 is 16.9 Å². The lowest BCUT2D eigenvalue weighted by molar-refractivity contribution is 0.142. The van der Waals surface area contributed by atoms with Crippen molar-refractivity contribution in [3.63, 3.8) is 0 Å². The first-order valence-corrected chi connectivity index (χ1v) is 7.72. The van der Waals surface area contributed by atoms with Gasteiger partial charge in [0.1, 0.15) is 6.61 Å². The quantitative estimate of drug-likeness (QED) is 0.746. The minimum Gasteiger partial charge on any atom is -0.476 e. The highest BCUT2D eigenvalue weighted by atomic mass is 16.5. The van der Waals surface area contributed by atoms with Crippen LogP contribution in [0.5, 0.6) is 5.88 Å². The van der Waals surface area contributed by atoms with Gasteiger partial charge < -0.3 is 14.8 Å². The van der Waals surface area contributed by atoms with Gasteiger partial charge in [0.05, 0.1) is 12.1 Å². The molecule has 0 saturated carbocycles. The third kappa shape index (κ3) is 4.60. The zero-order chi connectivity index (χ0) is 17.2. The highest BCUT2D eigenvalue weighted by Crippen LogP contribution is 2.25. The summed E-state index contributed by atoms with van der Waals surface area (Å²) in [6, 6.07) is 21.3. The van der Waals surface area contributed by atoms with E-state index >= 15 is 0 Å². The maximum Gasteiger partial charge on any atom is 0.328 e. The number of hydrogen-bond donors (Lipinski definition) is 1. The van der Waals surface area contributed by atoms with Crippen LogP contribution in [0, 0.1) is 0 Å². The molecule has 0 atom stereocenters. The average molecular weight is 326 g/mol. The number of ether oxygens (including phenoxy) is 2. The Kier molecular flexibility index (Phi) is 6.86. The molecule has 0 aliphatic rings. The molecule has 0 bridgehead atoms. The first kappa shape index (κ1) is 17.6. The summed E-state index contributed by atoms with van der Waals surface area (Å²) in [4.78, 5) is 11.9. The molecule has 3 aromatic rings. The van der Waals surface area contributed by atoms with Crippen molar-refractivity contribution in [3.8, 4) is 5.88 Å². The number of amides is 1. The molecule has 2 aromatic carbocycles. The van der Waals surface area contributed by atoms with E-state index in [1.165, 1.54) is 4.57 Å². The monoisotopic (exact) mass is 326 g/mol. The number of nitrogens with one attached hydrogen (secondary N) is 1. The highest BCUT2D eigenvalue weighted by Gasteiger charge is 2.14. The van der Waals surface area contributed by atoms with Crippen molar-refractivity contribution in [1.29, 1.82) is 0 Å². The first-order valence-electron chi connectivity index (χ1n) is 7.72. The molecular formula is C19H22N2O3. The SMILES string of the molecule is CNC(=O)n1c(OCCOC)cc2ccccc21.c1ccccc1. The Hall–Kier alpha value is -2.79. The molecule has 0 unspecified atom stereocenters. The summed E-state index contributed by atoms with van der Waals surface area (Å²) in [6.07, 6.45) is 0. The second-order valence-electron chi connectivity index (χ2n) is 4.93. The second-order valence-corrected chi connectivity index (χ2v) is 4.93. The fraction of sp³-hybridized carbons (Fsp3) is 0.211. The van der Waals surface area contributed by atoms with Gasteiger partial charge in [-0.25, -0.2) is 9.36 Å². The molecule has 1 amide bonds. The first-order chi connectivity index (χ1) is 11.8. The molecule has 126 valence electrons. The Bertz CT molecular complexity index is 727. The molecule has 0 aliphatic carbocycles. The highest BCUT2D eigenvalue weighted by molar-refractivity contribution is 5.93. The number of rotatable bonds is 4. The van der Waals surface area contributed by atoms with Crippen molar-refractivity contribution in [2.75, 3.05) is 27.4 Å². The van der Waals surface area contributed by atoms with E-state index in [0.717, 1.165) is 10.9 Å². The van der Waals surface area contributed by atoms with Crippen LogP contribution in [0.3, 0.4) is 0 Å². The minimum absolute atomic E-state index is 0.219. The molecule has 1 aromatic heterocycles. The predicted octanol–water partition coefficient (Wildman–Crippen LogP) is 3.54. The van der Waals surface area contributed by atoms with Gasteiger partial charge in [-0.3, -0.25) is 0 Å². The van der Waals surface area contributed by atoms with Crippen LogP contribution in [-0.2, 0) is 4.74 Å². The normalized spacial score (nSPS) is 9.92. The Morgan fingerprint density at radius 1 is 1.00 bits per heavy atom. The van der Waals surface area contributed by atoms with Crippen LogP contribution in [0.15, 0.2) is 66.7 Å². The third-order valence-electron chi connectivity index (χ3n) is 3.30. The van der Waals surface area contributed by atoms with Crippen LogP contribution >= 0.6 is 0 Å². The molecule has 5 nitrogen and oxygen atoms in total. The van der Waals surface area contributed by atoms with Gasteiger partial charge in [0, 0.05) is 25.6 Å². The maximum atomic E-state index is 11.9. The smallest absolute Gasteiger partial charge is 0.328 e. The molecule has 0 fully saturated rings. The van der Waals surface area contributed by atoms with Crippen LogP contribution < -0.4 is 10.1 Å². The van der Waals surface area contributed by atoms with Gasteiger partial charge >= 0.3 is 6.03 Å². The van der Waals surface area contributed by atoms with Gasteiger partial charge in [-0.1, -0.05) is 54.6 Å². The molecule has 0 aliphatic heterocycles. The van der Waals surface area contributed by atoms with Crippen LogP contribution in [0.2, 0.25) is 0 Å². The zero-order valence-electron chi connectivity index (χ0n) is 13.9. The van der Waals surface area contributed by atoms with E-state index in [1.807, 2.05) is 66.7 Å². The number of aromatic nitrogens is 1. The van der Waals surface area contributed by atoms with Gasteiger partial charge in [-0.15, -0.1) is 0 Å². The van der Waals surface area contributed by atoms with E-state index in [1.54, 1.807) is 14.2 Å². The third-order valence-corrected chi connectivity index (χ3v) is 3.30. The van der Waals surface area contributed by atoms with Gasteiger partial charge in [0.25, 0.3) is 0 Å². The lowest BCUT2D eigenvalue weighted by Crippen LogP contribution is -2.25. The summed E-state index contributed by atoms with van der Waals surface area (Å²) in [6.45, 7) is 0.888. The summed E-state index contributed by atoms with van der Waals surface area (Å²) in [5.74, 6) is 0.521. The summed E-state index contributed by atoms with van der Waals surface area (Å²) >= 11 is 0. The second kappa shape index (κ2) is 9.37. The Morgan fingerprint density at radius 2 is 1.62 bits per heavy atom. The topological polar surface area (TPSA) is 52.5 Å². The number of para-hydroxylation sites is 1. The molecule has 0 spiro atoms. The van der Waals surface area contributed by atoms with E-state index in [-0.39, 0.29) is 6.03 Å². The predicted molar refractivity (Wildman–Crippen MR) is 95.6 cm³/mol. The van der Waals surface area contributed by atoms with Crippen molar-refractivity contribution in [2.24, 2.45) is 0 Å². The van der Waals surface area contributed by atoms with E-state index in [4.69, 9.17) is 9.47 Å². The fourth-order valence-electron chi connectivity index (χ4n) is 2.17. The maximum absolute atomic E-state index is 11.9. The van der Waals surface area contributed by atoms with Crippen molar-refractivity contribution in [2.45, 2.75) is 0 Å². The number of hydrogen-bond acceptors (Lipinski definition) is 3. The van der Waals surface area contributed by atoms with Gasteiger partial charge in [0.2, 0.25) is 5.88 Å². The van der Waals surface area contributed by atoms with Gasteiger partial charge in [0.15, 0.2) is 0 Å². The minimum atomic E-state index is -0.219. The summed E-state index contributed by atoms with van der Waals surface area (Å²) in [5.41, 5.74) is 0.823. The average Bonchev–Trinajstić information content (AvgIpc) is 3.01. The molecule has 0 saturated heterocycles. The van der Waals surface area contributed by atoms with Gasteiger partial charge in [-0.2, -0.15) is 0 Å². The number of carbonyl (C=O) groups excluding carboxylic acids is 1. The summed E-state index contributed by atoms with van der Waals surface area (Å²) in [7, 11) is 3.20. The molecule has 0 radical (unpaired) electrons. The standard InChI is InChI=1S/C13H16N2O3.C6H6/c1-14-13(16)15-11-6-4-3-5-10(11)9-12(15)18-8-7-17-2;1-2-4-6-5-3-1/h3-6,9H,7-8H2,1-2H3,(H,14,16);1-6H. The Balaban J connectivity index is 0.000000292. The molecule has 1 N–H and O–H groups in total. The Labute approximate surface area is 141 Å². The van der Waals surface area contributed by atoms with Gasteiger partial charge in [-0.05, 0) is 6.07 Å². The largest absolute Gasteiger partial charge is 0.476 e. The number of carbonyl (C=O) groups is 1. The zero-order valence-corrected chi connectivity index (χ0v) is 13.9. The number of nitrogens with zero attached hydrogens (tertiary/aromatic N) is 1. The van der Waals surface area contributed by atoms with E-state index < -0.39 is 0 Å². The molecule has 24 heavy (non-hydrogen) atoms. The lowest BCUT2D eigenvalue weighted by Gasteiger charge is -2.09. The van der Waals surface area contributed by atoms with E-state index in [9.17, 15) is 4.79 Å². The van der Waals surface area contributed by atoms with Crippen molar-refractivity contribution < 1.29 is 14.3 Å². The molecular weight excluding hydrogens is 304 g/mol. The van der Waals surface area contributed by atoms with Crippen molar-refractivity contribution in [3.05, 3.63) is 66.7 Å². The number of fused-ring (bicyclic) bond motifs is 1. The van der Waals surface area contributed by atoms with E-state index in [0.29, 0.717) is 19.1 Å². The van der Waals surface area contributed by atoms with Crippen LogP contribution in [0.1, 0.15) is 0 Å². The van der Waals surface area contributed by atoms with Crippen LogP contribution in [0.4, 0.5) is 4.79 Å². The van der Waals surface area contributed by atoms with E-state index in [2.05, 4.69) is 5.32 Å². The van der Waals surface area contributed by atoms with Crippen LogP contribution in [0.25, 0.3) is 10.9 Å². The summed E-state index contributed by atoms with van der Waals surface area (Å²) < 4.78 is 12.0.